The van der Waals surface area contributed by atoms with Crippen LogP contribution in [0.1, 0.15) is 25.7 Å². The highest BCUT2D eigenvalue weighted by molar-refractivity contribution is 5.25. The molecule has 1 aliphatic heterocycles. The lowest BCUT2D eigenvalue weighted by molar-refractivity contribution is 0.591. The predicted molar refractivity (Wildman–Crippen MR) is 41.5 cm³/mol. The van der Waals surface area contributed by atoms with Crippen molar-refractivity contribution >= 4 is 0 Å². The molecule has 1 atom stereocenters. The van der Waals surface area contributed by atoms with Crippen molar-refractivity contribution < 1.29 is 0 Å². The smallest absolute Gasteiger partial charge is 0.0290 e. The van der Waals surface area contributed by atoms with E-state index in [-0.39, 0.29) is 0 Å². The first-order valence-corrected chi connectivity index (χ1v) is 4.09. The molecular formula is C8H14N2. The van der Waals surface area contributed by atoms with Crippen LogP contribution in [-0.4, -0.2) is 12.6 Å². The second kappa shape index (κ2) is 2.27. The van der Waals surface area contributed by atoms with Gasteiger partial charge in [-0.1, -0.05) is 0 Å². The van der Waals surface area contributed by atoms with Gasteiger partial charge in [0.05, 0.1) is 0 Å². The van der Waals surface area contributed by atoms with E-state index in [0.717, 1.165) is 13.0 Å². The summed E-state index contributed by atoms with van der Waals surface area (Å²) in [6.45, 7) is 1.08. The first-order chi connectivity index (χ1) is 4.88. The molecule has 1 unspecified atom stereocenters. The molecule has 0 saturated carbocycles. The summed E-state index contributed by atoms with van der Waals surface area (Å²) in [5.41, 5.74) is 8.89. The quantitative estimate of drug-likeness (QED) is 0.518. The Hall–Kier alpha value is -0.500. The summed E-state index contributed by atoms with van der Waals surface area (Å²) in [7, 11) is 0. The van der Waals surface area contributed by atoms with Crippen LogP contribution in [0.2, 0.25) is 0 Å². The molecule has 3 N–H and O–H groups in total. The molecule has 0 spiro atoms. The van der Waals surface area contributed by atoms with E-state index in [1.807, 2.05) is 0 Å². The molecular weight excluding hydrogens is 124 g/mol. The van der Waals surface area contributed by atoms with Crippen molar-refractivity contribution in [1.29, 1.82) is 0 Å². The maximum absolute atomic E-state index is 5.92. The third-order valence-corrected chi connectivity index (χ3v) is 2.50. The molecule has 0 radical (unpaired) electrons. The molecule has 2 heteroatoms. The summed E-state index contributed by atoms with van der Waals surface area (Å²) in [4.78, 5) is 0. The first kappa shape index (κ1) is 6.23. The van der Waals surface area contributed by atoms with Gasteiger partial charge in [-0.05, 0) is 31.3 Å². The summed E-state index contributed by atoms with van der Waals surface area (Å²) in [5, 5.41) is 3.41. The molecule has 0 bridgehead atoms. The molecule has 0 saturated heterocycles. The van der Waals surface area contributed by atoms with Crippen molar-refractivity contribution in [3.05, 3.63) is 11.3 Å². The molecule has 0 aromatic carbocycles. The van der Waals surface area contributed by atoms with Crippen molar-refractivity contribution in [3.8, 4) is 0 Å². The van der Waals surface area contributed by atoms with Crippen LogP contribution in [0.3, 0.4) is 0 Å². The summed E-state index contributed by atoms with van der Waals surface area (Å²) in [6, 6.07) is 0.374. The van der Waals surface area contributed by atoms with Crippen molar-refractivity contribution in [2.75, 3.05) is 6.54 Å². The van der Waals surface area contributed by atoms with Crippen LogP contribution in [0.25, 0.3) is 0 Å². The van der Waals surface area contributed by atoms with Gasteiger partial charge in [0.2, 0.25) is 0 Å². The normalized spacial score (nSPS) is 31.9. The zero-order valence-electron chi connectivity index (χ0n) is 6.19. The molecule has 0 fully saturated rings. The summed E-state index contributed by atoms with van der Waals surface area (Å²) in [6.07, 6.45) is 4.91. The maximum atomic E-state index is 5.92. The third-order valence-electron chi connectivity index (χ3n) is 2.50. The highest BCUT2D eigenvalue weighted by atomic mass is 14.9. The minimum Gasteiger partial charge on any atom is -0.388 e. The minimum atomic E-state index is 0.374. The highest BCUT2D eigenvalue weighted by Gasteiger charge is 2.22. The topological polar surface area (TPSA) is 38.0 Å². The zero-order valence-corrected chi connectivity index (χ0v) is 6.19. The van der Waals surface area contributed by atoms with E-state index in [9.17, 15) is 0 Å². The number of hydrogen-bond acceptors (Lipinski definition) is 2. The van der Waals surface area contributed by atoms with Gasteiger partial charge < -0.3 is 11.1 Å². The number of allylic oxidation sites excluding steroid dienone is 1. The average molecular weight is 138 g/mol. The Morgan fingerprint density at radius 2 is 2.30 bits per heavy atom. The van der Waals surface area contributed by atoms with E-state index in [4.69, 9.17) is 5.73 Å². The third kappa shape index (κ3) is 0.833. The Morgan fingerprint density at radius 1 is 1.40 bits per heavy atom. The van der Waals surface area contributed by atoms with Gasteiger partial charge in [0.15, 0.2) is 0 Å². The lowest BCUT2D eigenvalue weighted by atomic mass is 10.0. The molecule has 1 aliphatic carbocycles. The SMILES string of the molecule is NC1CCNC2=C1CCC2. The molecule has 0 amide bonds. The van der Waals surface area contributed by atoms with E-state index in [1.165, 1.54) is 30.5 Å². The fraction of sp³-hybridized carbons (Fsp3) is 0.750. The van der Waals surface area contributed by atoms with Gasteiger partial charge in [0, 0.05) is 18.3 Å². The second-order valence-corrected chi connectivity index (χ2v) is 3.18. The number of nitrogens with one attached hydrogen (secondary N) is 1. The van der Waals surface area contributed by atoms with E-state index in [0.29, 0.717) is 6.04 Å². The Kier molecular flexibility index (Phi) is 1.42. The summed E-state index contributed by atoms with van der Waals surface area (Å²) >= 11 is 0. The minimum absolute atomic E-state index is 0.374. The first-order valence-electron chi connectivity index (χ1n) is 4.09. The molecule has 2 rings (SSSR count). The summed E-state index contributed by atoms with van der Waals surface area (Å²) < 4.78 is 0. The average Bonchev–Trinajstić information content (AvgIpc) is 2.36. The van der Waals surface area contributed by atoms with Crippen molar-refractivity contribution in [3.63, 3.8) is 0 Å². The highest BCUT2D eigenvalue weighted by Crippen LogP contribution is 2.29. The summed E-state index contributed by atoms with van der Waals surface area (Å²) in [5.74, 6) is 0. The molecule has 1 heterocycles. The van der Waals surface area contributed by atoms with Crippen LogP contribution >= 0.6 is 0 Å². The Balaban J connectivity index is 2.22. The molecule has 2 nitrogen and oxygen atoms in total. The Labute approximate surface area is 61.5 Å². The number of hydrogen-bond donors (Lipinski definition) is 2. The Bertz CT molecular complexity index is 172. The van der Waals surface area contributed by atoms with Crippen molar-refractivity contribution in [2.24, 2.45) is 5.73 Å². The zero-order chi connectivity index (χ0) is 6.97. The van der Waals surface area contributed by atoms with Crippen molar-refractivity contribution in [1.82, 2.24) is 5.32 Å². The Morgan fingerprint density at radius 3 is 3.10 bits per heavy atom. The fourth-order valence-corrected chi connectivity index (χ4v) is 1.93. The largest absolute Gasteiger partial charge is 0.388 e. The number of rotatable bonds is 0. The van der Waals surface area contributed by atoms with Crippen LogP contribution in [0.4, 0.5) is 0 Å². The van der Waals surface area contributed by atoms with Gasteiger partial charge >= 0.3 is 0 Å². The lowest BCUT2D eigenvalue weighted by Crippen LogP contribution is -2.34. The second-order valence-electron chi connectivity index (χ2n) is 3.18. The van der Waals surface area contributed by atoms with E-state index < -0.39 is 0 Å². The lowest BCUT2D eigenvalue weighted by Gasteiger charge is -2.22. The molecule has 2 aliphatic rings. The fourth-order valence-electron chi connectivity index (χ4n) is 1.93. The maximum Gasteiger partial charge on any atom is 0.0290 e. The van der Waals surface area contributed by atoms with Crippen LogP contribution in [0, 0.1) is 0 Å². The molecule has 0 aromatic rings. The van der Waals surface area contributed by atoms with E-state index in [2.05, 4.69) is 5.32 Å². The monoisotopic (exact) mass is 138 g/mol. The van der Waals surface area contributed by atoms with E-state index >= 15 is 0 Å². The molecule has 0 aromatic heterocycles. The standard InChI is InChI=1S/C8H14N2/c9-7-4-5-10-8-3-1-2-6(7)8/h7,10H,1-5,9H2. The van der Waals surface area contributed by atoms with Gasteiger partial charge in [0.25, 0.3) is 0 Å². The van der Waals surface area contributed by atoms with Crippen LogP contribution in [0.5, 0.6) is 0 Å². The van der Waals surface area contributed by atoms with Gasteiger partial charge in [-0.15, -0.1) is 0 Å². The van der Waals surface area contributed by atoms with Gasteiger partial charge in [-0.25, -0.2) is 0 Å². The molecule has 56 valence electrons. The van der Waals surface area contributed by atoms with Crippen LogP contribution in [0.15, 0.2) is 11.3 Å². The van der Waals surface area contributed by atoms with Gasteiger partial charge in [0.1, 0.15) is 0 Å². The number of nitrogens with two attached hydrogens (primary N) is 1. The van der Waals surface area contributed by atoms with Gasteiger partial charge in [-0.3, -0.25) is 0 Å². The van der Waals surface area contributed by atoms with E-state index in [1.54, 1.807) is 0 Å². The van der Waals surface area contributed by atoms with Crippen molar-refractivity contribution in [2.45, 2.75) is 31.7 Å². The van der Waals surface area contributed by atoms with Gasteiger partial charge in [-0.2, -0.15) is 0 Å². The predicted octanol–water partition coefficient (Wildman–Crippen LogP) is 0.745. The van der Waals surface area contributed by atoms with Crippen LogP contribution in [-0.2, 0) is 0 Å². The molecule has 10 heavy (non-hydrogen) atoms. The van der Waals surface area contributed by atoms with Crippen LogP contribution < -0.4 is 11.1 Å².